The van der Waals surface area contributed by atoms with E-state index in [9.17, 15) is 5.11 Å². The summed E-state index contributed by atoms with van der Waals surface area (Å²) >= 11 is 0. The summed E-state index contributed by atoms with van der Waals surface area (Å²) in [6, 6.07) is 8.71. The van der Waals surface area contributed by atoms with Crippen molar-refractivity contribution in [3.05, 3.63) is 35.4 Å². The van der Waals surface area contributed by atoms with E-state index in [4.69, 9.17) is 5.11 Å². The van der Waals surface area contributed by atoms with Crippen molar-refractivity contribution < 1.29 is 10.2 Å². The molecule has 1 unspecified atom stereocenters. The first-order valence-electron chi connectivity index (χ1n) is 8.77. The van der Waals surface area contributed by atoms with E-state index in [0.29, 0.717) is 18.5 Å². The second-order valence-electron chi connectivity index (χ2n) is 8.47. The monoisotopic (exact) mass is 339 g/mol. The summed E-state index contributed by atoms with van der Waals surface area (Å²) in [5.74, 6) is 0. The third-order valence-corrected chi connectivity index (χ3v) is 3.30. The van der Waals surface area contributed by atoms with Gasteiger partial charge in [-0.15, -0.1) is 0 Å². The fourth-order valence-corrected chi connectivity index (χ4v) is 2.34. The molecular weight excluding hydrogens is 300 g/mol. The Balaban J connectivity index is 0.00000254. The van der Waals surface area contributed by atoms with Crippen molar-refractivity contribution in [3.63, 3.8) is 0 Å². The summed E-state index contributed by atoms with van der Waals surface area (Å²) < 4.78 is 0. The van der Waals surface area contributed by atoms with Gasteiger partial charge in [0.25, 0.3) is 0 Å². The minimum atomic E-state index is -0.364. The molecule has 4 heteroatoms. The van der Waals surface area contributed by atoms with Gasteiger partial charge in [-0.3, -0.25) is 0 Å². The highest BCUT2D eigenvalue weighted by Gasteiger charge is 2.13. The Labute approximate surface area is 148 Å². The smallest absolute Gasteiger partial charge is 0.133 e. The zero-order valence-electron chi connectivity index (χ0n) is 16.7. The molecule has 0 bridgehead atoms. The van der Waals surface area contributed by atoms with Crippen LogP contribution in [0.2, 0.25) is 0 Å². The number of hydrogen-bond acceptors (Lipinski definition) is 3. The van der Waals surface area contributed by atoms with E-state index in [1.165, 1.54) is 18.2 Å². The Kier molecular flexibility index (Phi) is 10.4. The third kappa shape index (κ3) is 12.5. The predicted octanol–water partition coefficient (Wildman–Crippen LogP) is 2.45. The molecule has 0 fully saturated rings. The van der Waals surface area contributed by atoms with Crippen LogP contribution in [0.5, 0.6) is 0 Å². The maximum atomic E-state index is 9.97. The van der Waals surface area contributed by atoms with Gasteiger partial charge in [-0.2, -0.15) is 0 Å². The van der Waals surface area contributed by atoms with E-state index >= 15 is 0 Å². The van der Waals surface area contributed by atoms with Crippen LogP contribution in [0.1, 0.15) is 52.7 Å². The second kappa shape index (κ2) is 10.8. The molecule has 1 rings (SSSR count). The number of aliphatic hydroxyl groups excluding tert-OH is 1. The summed E-state index contributed by atoms with van der Waals surface area (Å²) in [6.07, 6.45) is 0.718. The zero-order chi connectivity index (χ0) is 18.8. The molecule has 0 heterocycles. The number of β-amino-alcohol motifs (C(OH)–C–C–N with tert-alkyl or cyclic N) is 1. The maximum absolute atomic E-state index is 9.97. The summed E-state index contributed by atoms with van der Waals surface area (Å²) in [6.45, 7) is 15.1. The molecule has 0 saturated carbocycles. The number of hydrogen-bond donors (Lipinski definition) is 3. The van der Waals surface area contributed by atoms with E-state index in [0.717, 1.165) is 13.0 Å². The van der Waals surface area contributed by atoms with E-state index in [1.54, 1.807) is 0 Å². The molecule has 140 valence electrons. The normalized spacial score (nSPS) is 13.2. The lowest BCUT2D eigenvalue weighted by Gasteiger charge is -2.23. The molecule has 0 radical (unpaired) electrons. The molecule has 5 N–H and O–H groups in total. The molecule has 0 spiro atoms. The second-order valence-corrected chi connectivity index (χ2v) is 8.47. The van der Waals surface area contributed by atoms with Gasteiger partial charge in [-0.1, -0.05) is 45.0 Å². The van der Waals surface area contributed by atoms with Crippen LogP contribution < -0.4 is 10.6 Å². The molecule has 0 aliphatic heterocycles. The topological polar surface area (TPSA) is 67.2 Å². The lowest BCUT2D eigenvalue weighted by Crippen LogP contribution is -2.43. The molecule has 1 aromatic rings. The Hall–Kier alpha value is -0.940. The number of rotatable bonds is 7. The Morgan fingerprint density at radius 3 is 2.12 bits per heavy atom. The molecule has 1 aromatic carbocycles. The van der Waals surface area contributed by atoms with Gasteiger partial charge in [-0.25, -0.2) is 0 Å². The first-order valence-corrected chi connectivity index (χ1v) is 8.77. The molecule has 24 heavy (non-hydrogen) atoms. The van der Waals surface area contributed by atoms with Crippen molar-refractivity contribution in [3.8, 4) is 0 Å². The Morgan fingerprint density at radius 1 is 1.00 bits per heavy atom. The van der Waals surface area contributed by atoms with Gasteiger partial charge in [0.2, 0.25) is 0 Å². The van der Waals surface area contributed by atoms with Crippen molar-refractivity contribution in [2.45, 2.75) is 66.2 Å². The molecule has 0 saturated heterocycles. The van der Waals surface area contributed by atoms with Crippen LogP contribution in [0.25, 0.3) is 0 Å². The van der Waals surface area contributed by atoms with Gasteiger partial charge in [0.05, 0.1) is 6.10 Å². The first-order chi connectivity index (χ1) is 11.1. The van der Waals surface area contributed by atoms with Crippen LogP contribution >= 0.6 is 0 Å². The van der Waals surface area contributed by atoms with Crippen LogP contribution in [-0.2, 0) is 13.0 Å². The molecule has 0 aliphatic rings. The highest BCUT2D eigenvalue weighted by atomic mass is 16.3. The maximum Gasteiger partial charge on any atom is 0.133 e. The summed E-state index contributed by atoms with van der Waals surface area (Å²) in [5, 5.41) is 22.4. The Bertz CT molecular complexity index is 448. The summed E-state index contributed by atoms with van der Waals surface area (Å²) in [5.41, 5.74) is 3.00. The van der Waals surface area contributed by atoms with Crippen LogP contribution in [0.15, 0.2) is 24.3 Å². The van der Waals surface area contributed by atoms with Crippen molar-refractivity contribution in [2.75, 3.05) is 20.2 Å². The lowest BCUT2D eigenvalue weighted by molar-refractivity contribution is 0.158. The molecular formula is C20H39N2O2+. The van der Waals surface area contributed by atoms with Crippen molar-refractivity contribution in [1.82, 2.24) is 10.6 Å². The predicted molar refractivity (Wildman–Crippen MR) is 105 cm³/mol. The molecule has 1 atom stereocenters. The average Bonchev–Trinajstić information content (AvgIpc) is 2.45. The average molecular weight is 340 g/mol. The van der Waals surface area contributed by atoms with Gasteiger partial charge < -0.3 is 20.8 Å². The van der Waals surface area contributed by atoms with E-state index in [2.05, 4.69) is 76.4 Å². The highest BCUT2D eigenvalue weighted by molar-refractivity contribution is 5.24. The van der Waals surface area contributed by atoms with E-state index < -0.39 is 0 Å². The van der Waals surface area contributed by atoms with Crippen molar-refractivity contribution >= 4 is 0 Å². The highest BCUT2D eigenvalue weighted by Crippen LogP contribution is 2.21. The van der Waals surface area contributed by atoms with Gasteiger partial charge in [0, 0.05) is 25.2 Å². The minimum absolute atomic E-state index is 0.0439. The van der Waals surface area contributed by atoms with E-state index in [1.807, 2.05) is 0 Å². The van der Waals surface area contributed by atoms with Gasteiger partial charge in [0.15, 0.2) is 0 Å². The number of aliphatic hydroxyl groups is 1. The van der Waals surface area contributed by atoms with Gasteiger partial charge in [0.1, 0.15) is 7.11 Å². The molecule has 0 aliphatic carbocycles. The lowest BCUT2D eigenvalue weighted by atomic mass is 9.88. The van der Waals surface area contributed by atoms with Crippen LogP contribution in [0.4, 0.5) is 0 Å². The van der Waals surface area contributed by atoms with Crippen LogP contribution in [0.3, 0.4) is 0 Å². The number of nitrogens with one attached hydrogen (secondary N) is 2. The van der Waals surface area contributed by atoms with Gasteiger partial charge >= 0.3 is 0 Å². The summed E-state index contributed by atoms with van der Waals surface area (Å²) in [7, 11) is 1.25. The largest absolute Gasteiger partial charge is 0.448 e. The third-order valence-electron chi connectivity index (χ3n) is 3.30. The molecule has 0 amide bonds. The number of benzene rings is 1. The fourth-order valence-electron chi connectivity index (χ4n) is 2.34. The zero-order valence-corrected chi connectivity index (χ0v) is 16.7. The molecule has 0 aromatic heterocycles. The van der Waals surface area contributed by atoms with Crippen molar-refractivity contribution in [2.24, 2.45) is 5.41 Å². The fraction of sp³-hybridized carbons (Fsp3) is 0.700. The SMILES string of the molecule is CC(C)(C)Cc1cccc(CNCC(O)CNC(C)(C)C)c1.C[OH2+]. The molecule has 4 nitrogen and oxygen atoms in total. The summed E-state index contributed by atoms with van der Waals surface area (Å²) in [4.78, 5) is 0. The van der Waals surface area contributed by atoms with Crippen LogP contribution in [-0.4, -0.2) is 42.1 Å². The van der Waals surface area contributed by atoms with E-state index in [-0.39, 0.29) is 11.6 Å². The van der Waals surface area contributed by atoms with Crippen LogP contribution in [0, 0.1) is 5.41 Å². The van der Waals surface area contributed by atoms with Gasteiger partial charge in [-0.05, 0) is 43.7 Å². The standard InChI is InChI=1S/C19H34N2O.CH4O/c1-18(2,3)11-15-8-7-9-16(10-15)12-20-13-17(22)14-21-19(4,5)6;1-2/h7-10,17,20-22H,11-14H2,1-6H3;2H,1H3/p+1. The quantitative estimate of drug-likeness (QED) is 0.669. The van der Waals surface area contributed by atoms with Crippen molar-refractivity contribution in [1.29, 1.82) is 0 Å². The minimum Gasteiger partial charge on any atom is -0.448 e. The first kappa shape index (κ1) is 23.1. The Morgan fingerprint density at radius 2 is 1.58 bits per heavy atom.